The third-order valence-corrected chi connectivity index (χ3v) is 4.69. The smallest absolute Gasteiger partial charge is 0.228 e. The van der Waals surface area contributed by atoms with Crippen LogP contribution in [0.2, 0.25) is 0 Å². The number of ether oxygens (including phenoxy) is 2. The maximum Gasteiger partial charge on any atom is 0.228 e. The highest BCUT2D eigenvalue weighted by Gasteiger charge is 2.30. The molecule has 2 aromatic carbocycles. The average molecular weight is 370 g/mol. The van der Waals surface area contributed by atoms with E-state index in [0.717, 1.165) is 11.3 Å². The van der Waals surface area contributed by atoms with E-state index in [4.69, 9.17) is 9.47 Å². The van der Waals surface area contributed by atoms with Crippen LogP contribution in [0.25, 0.3) is 0 Å². The Morgan fingerprint density at radius 1 is 1.15 bits per heavy atom. The molecule has 0 saturated carbocycles. The molecule has 7 heteroatoms. The number of amides is 2. The van der Waals surface area contributed by atoms with Gasteiger partial charge in [-0.3, -0.25) is 9.59 Å². The Balaban J connectivity index is 1.39. The fourth-order valence-corrected chi connectivity index (χ4v) is 3.37. The minimum absolute atomic E-state index is 0.0501. The van der Waals surface area contributed by atoms with E-state index >= 15 is 0 Å². The number of rotatable bonds is 4. The second-order valence-electron chi connectivity index (χ2n) is 6.56. The maximum atomic E-state index is 13.4. The lowest BCUT2D eigenvalue weighted by molar-refractivity contribution is -0.126. The molecule has 0 bridgehead atoms. The van der Waals surface area contributed by atoms with Gasteiger partial charge in [0.15, 0.2) is 11.5 Å². The molecule has 0 spiro atoms. The van der Waals surface area contributed by atoms with Gasteiger partial charge in [-0.25, -0.2) is 4.39 Å². The maximum absolute atomic E-state index is 13.4. The number of hydrogen-bond donors (Lipinski definition) is 2. The third-order valence-electron chi connectivity index (χ3n) is 4.69. The first-order valence-corrected chi connectivity index (χ1v) is 8.86. The lowest BCUT2D eigenvalue weighted by Crippen LogP contribution is -2.36. The van der Waals surface area contributed by atoms with Crippen molar-refractivity contribution >= 4 is 17.5 Å². The molecule has 27 heavy (non-hydrogen) atoms. The van der Waals surface area contributed by atoms with Gasteiger partial charge in [-0.05, 0) is 41.8 Å². The molecule has 140 valence electrons. The van der Waals surface area contributed by atoms with E-state index in [1.807, 2.05) is 18.2 Å². The Labute approximate surface area is 155 Å². The molecule has 2 aliphatic rings. The van der Waals surface area contributed by atoms with E-state index in [-0.39, 0.29) is 18.2 Å². The normalized spacial score (nSPS) is 17.7. The molecule has 0 saturated heterocycles. The molecule has 2 aromatic rings. The lowest BCUT2D eigenvalue weighted by Gasteiger charge is -2.25. The molecule has 6 nitrogen and oxygen atoms in total. The first kappa shape index (κ1) is 17.3. The van der Waals surface area contributed by atoms with Gasteiger partial charge in [0, 0.05) is 18.7 Å². The second-order valence-corrected chi connectivity index (χ2v) is 6.56. The van der Waals surface area contributed by atoms with Crippen LogP contribution in [0.5, 0.6) is 11.5 Å². The van der Waals surface area contributed by atoms with Crippen LogP contribution in [0.3, 0.4) is 0 Å². The van der Waals surface area contributed by atoms with Gasteiger partial charge >= 0.3 is 0 Å². The number of benzene rings is 2. The number of carbonyl (C=O) groups is 2. The van der Waals surface area contributed by atoms with Crippen molar-refractivity contribution < 1.29 is 23.5 Å². The number of anilines is 1. The highest BCUT2D eigenvalue weighted by Crippen LogP contribution is 2.33. The van der Waals surface area contributed by atoms with Crippen molar-refractivity contribution in [3.63, 3.8) is 0 Å². The topological polar surface area (TPSA) is 76.7 Å². The summed E-state index contributed by atoms with van der Waals surface area (Å²) >= 11 is 0. The molecule has 0 radical (unpaired) electrons. The summed E-state index contributed by atoms with van der Waals surface area (Å²) in [5.74, 6) is -0.158. The van der Waals surface area contributed by atoms with Crippen LogP contribution < -0.4 is 20.1 Å². The SMILES string of the molecule is O=C1CC(C(=O)NCCc2ccc3c(c2)OCCO3)c2ccc(F)cc2N1. The van der Waals surface area contributed by atoms with Gasteiger partial charge in [-0.15, -0.1) is 0 Å². The summed E-state index contributed by atoms with van der Waals surface area (Å²) in [6.45, 7) is 1.49. The molecule has 1 unspecified atom stereocenters. The van der Waals surface area contributed by atoms with Gasteiger partial charge < -0.3 is 20.1 Å². The quantitative estimate of drug-likeness (QED) is 0.866. The Bertz CT molecular complexity index is 900. The molecule has 1 atom stereocenters. The molecule has 0 fully saturated rings. The number of halogens is 1. The van der Waals surface area contributed by atoms with Crippen molar-refractivity contribution in [2.75, 3.05) is 25.1 Å². The summed E-state index contributed by atoms with van der Waals surface area (Å²) in [5, 5.41) is 5.48. The lowest BCUT2D eigenvalue weighted by atomic mass is 9.89. The van der Waals surface area contributed by atoms with Crippen molar-refractivity contribution in [1.29, 1.82) is 0 Å². The molecule has 2 heterocycles. The molecular weight excluding hydrogens is 351 g/mol. The van der Waals surface area contributed by atoms with Gasteiger partial charge in [-0.2, -0.15) is 0 Å². The van der Waals surface area contributed by atoms with Crippen molar-refractivity contribution in [2.45, 2.75) is 18.8 Å². The summed E-state index contributed by atoms with van der Waals surface area (Å²) in [6.07, 6.45) is 0.673. The summed E-state index contributed by atoms with van der Waals surface area (Å²) < 4.78 is 24.4. The standard InChI is InChI=1S/C20H19FN2O4/c21-13-2-3-14-15(11-19(24)23-16(14)10-13)20(25)22-6-5-12-1-4-17-18(9-12)27-8-7-26-17/h1-4,9-10,15H,5-8,11H2,(H,22,25)(H,23,24). The fraction of sp³-hybridized carbons (Fsp3) is 0.300. The molecule has 2 amide bonds. The van der Waals surface area contributed by atoms with Crippen LogP contribution in [0.4, 0.5) is 10.1 Å². The molecule has 4 rings (SSSR count). The minimum atomic E-state index is -0.616. The molecule has 0 aliphatic carbocycles. The minimum Gasteiger partial charge on any atom is -0.486 e. The zero-order chi connectivity index (χ0) is 18.8. The molecule has 2 aliphatic heterocycles. The van der Waals surface area contributed by atoms with E-state index in [2.05, 4.69) is 10.6 Å². The van der Waals surface area contributed by atoms with Crippen molar-refractivity contribution in [3.05, 3.63) is 53.3 Å². The van der Waals surface area contributed by atoms with Crippen molar-refractivity contribution in [2.24, 2.45) is 0 Å². The number of hydrogen-bond acceptors (Lipinski definition) is 4. The van der Waals surface area contributed by atoms with E-state index in [1.54, 1.807) is 6.07 Å². The van der Waals surface area contributed by atoms with Gasteiger partial charge in [-0.1, -0.05) is 12.1 Å². The van der Waals surface area contributed by atoms with Gasteiger partial charge in [0.2, 0.25) is 11.8 Å². The molecule has 2 N–H and O–H groups in total. The Kier molecular flexibility index (Phi) is 4.66. The molecule has 0 aromatic heterocycles. The summed E-state index contributed by atoms with van der Waals surface area (Å²) in [6, 6.07) is 9.79. The highest BCUT2D eigenvalue weighted by molar-refractivity contribution is 6.01. The molecular formula is C20H19FN2O4. The van der Waals surface area contributed by atoms with Gasteiger partial charge in [0.1, 0.15) is 19.0 Å². The summed E-state index contributed by atoms with van der Waals surface area (Å²) in [7, 11) is 0. The first-order chi connectivity index (χ1) is 13.1. The summed E-state index contributed by atoms with van der Waals surface area (Å²) in [4.78, 5) is 24.4. The number of carbonyl (C=O) groups excluding carboxylic acids is 2. The largest absolute Gasteiger partial charge is 0.486 e. The predicted octanol–water partition coefficient (Wildman–Crippen LogP) is 2.38. The van der Waals surface area contributed by atoms with Gasteiger partial charge in [0.25, 0.3) is 0 Å². The zero-order valence-corrected chi connectivity index (χ0v) is 14.6. The van der Waals surface area contributed by atoms with E-state index in [0.29, 0.717) is 43.2 Å². The number of nitrogens with one attached hydrogen (secondary N) is 2. The zero-order valence-electron chi connectivity index (χ0n) is 14.6. The van der Waals surface area contributed by atoms with Crippen LogP contribution in [-0.4, -0.2) is 31.6 Å². The van der Waals surface area contributed by atoms with E-state index in [9.17, 15) is 14.0 Å². The van der Waals surface area contributed by atoms with E-state index in [1.165, 1.54) is 12.1 Å². The van der Waals surface area contributed by atoms with Gasteiger partial charge in [0.05, 0.1) is 5.92 Å². The highest BCUT2D eigenvalue weighted by atomic mass is 19.1. The third kappa shape index (κ3) is 3.72. The predicted molar refractivity (Wildman–Crippen MR) is 96.5 cm³/mol. The van der Waals surface area contributed by atoms with E-state index < -0.39 is 11.7 Å². The van der Waals surface area contributed by atoms with Crippen LogP contribution >= 0.6 is 0 Å². The van der Waals surface area contributed by atoms with Crippen LogP contribution in [0.1, 0.15) is 23.5 Å². The van der Waals surface area contributed by atoms with Crippen LogP contribution in [0, 0.1) is 5.82 Å². The van der Waals surface area contributed by atoms with Crippen LogP contribution in [-0.2, 0) is 16.0 Å². The Morgan fingerprint density at radius 2 is 1.96 bits per heavy atom. The first-order valence-electron chi connectivity index (χ1n) is 8.86. The second kappa shape index (κ2) is 7.26. The Morgan fingerprint density at radius 3 is 2.81 bits per heavy atom. The van der Waals surface area contributed by atoms with Crippen molar-refractivity contribution in [3.8, 4) is 11.5 Å². The monoisotopic (exact) mass is 370 g/mol. The van der Waals surface area contributed by atoms with Crippen LogP contribution in [0.15, 0.2) is 36.4 Å². The Hall–Kier alpha value is -3.09. The number of fused-ring (bicyclic) bond motifs is 2. The van der Waals surface area contributed by atoms with Crippen molar-refractivity contribution in [1.82, 2.24) is 5.32 Å². The fourth-order valence-electron chi connectivity index (χ4n) is 3.37. The average Bonchev–Trinajstić information content (AvgIpc) is 2.66. The summed E-state index contributed by atoms with van der Waals surface area (Å²) in [5.41, 5.74) is 2.01.